The van der Waals surface area contributed by atoms with Crippen LogP contribution in [-0.4, -0.2) is 23.1 Å². The fraction of sp³-hybridized carbons (Fsp3) is 0.0526. The third-order valence-electron chi connectivity index (χ3n) is 4.20. The van der Waals surface area contributed by atoms with E-state index in [0.29, 0.717) is 0 Å². The van der Waals surface area contributed by atoms with Crippen molar-refractivity contribution in [3.8, 4) is 0 Å². The Morgan fingerprint density at radius 3 is 1.22 bits per heavy atom. The van der Waals surface area contributed by atoms with Gasteiger partial charge in [0, 0.05) is 5.88 Å². The Bertz CT molecular complexity index is 1090. The van der Waals surface area contributed by atoms with Crippen molar-refractivity contribution in [2.75, 3.05) is 4.90 Å². The van der Waals surface area contributed by atoms with Gasteiger partial charge in [0.15, 0.2) is 46.5 Å². The van der Waals surface area contributed by atoms with Gasteiger partial charge in [-0.3, -0.25) is 4.90 Å². The quantitative estimate of drug-likeness (QED) is 0.121. The molecule has 0 aliphatic rings. The van der Waals surface area contributed by atoms with Crippen LogP contribution >= 0.6 is 11.6 Å². The van der Waals surface area contributed by atoms with E-state index in [4.69, 9.17) is 11.6 Å². The summed E-state index contributed by atoms with van der Waals surface area (Å²) in [6, 6.07) is 4.40. The van der Waals surface area contributed by atoms with Gasteiger partial charge in [0.25, 0.3) is 0 Å². The predicted octanol–water partition coefficient (Wildman–Crippen LogP) is 7.13. The molecule has 32 heavy (non-hydrogen) atoms. The molecule has 0 radical (unpaired) electrons. The van der Waals surface area contributed by atoms with E-state index in [-0.39, 0.29) is 36.4 Å². The van der Waals surface area contributed by atoms with Crippen molar-refractivity contribution in [1.82, 2.24) is 0 Å². The smallest absolute Gasteiger partial charge is 1.00 e. The van der Waals surface area contributed by atoms with Gasteiger partial charge in [0.1, 0.15) is 11.4 Å². The minimum atomic E-state index is -2.60. The van der Waals surface area contributed by atoms with Crippen molar-refractivity contribution in [3.63, 3.8) is 0 Å². The number of hydrogen-bond acceptors (Lipinski definition) is 1. The Hall–Kier alpha value is -2.18. The monoisotopic (exact) mass is 499 g/mol. The average Bonchev–Trinajstić information content (AvgIpc) is 2.77. The number of anilines is 3. The van der Waals surface area contributed by atoms with E-state index in [9.17, 15) is 43.9 Å². The Morgan fingerprint density at radius 2 is 0.875 bits per heavy atom. The van der Waals surface area contributed by atoms with E-state index in [1.807, 2.05) is 0 Å². The zero-order valence-electron chi connectivity index (χ0n) is 17.3. The van der Waals surface area contributed by atoms with Gasteiger partial charge in [0.2, 0.25) is 11.6 Å². The molecule has 0 saturated heterocycles. The molecule has 3 aromatic rings. The molecule has 0 aliphatic heterocycles. The Morgan fingerprint density at radius 1 is 0.562 bits per heavy atom. The summed E-state index contributed by atoms with van der Waals surface area (Å²) in [5, 5.41) is 0. The second-order valence-electron chi connectivity index (χ2n) is 5.93. The van der Waals surface area contributed by atoms with Gasteiger partial charge >= 0.3 is 23.1 Å². The maximum absolute atomic E-state index is 14.5. The summed E-state index contributed by atoms with van der Waals surface area (Å²) in [6.45, 7) is 0. The normalized spacial score (nSPS) is 10.8. The van der Waals surface area contributed by atoms with Crippen molar-refractivity contribution in [3.05, 3.63) is 88.0 Å². The van der Waals surface area contributed by atoms with E-state index < -0.39 is 81.1 Å². The summed E-state index contributed by atoms with van der Waals surface area (Å²) in [5.41, 5.74) is -4.85. The first-order valence-electron chi connectivity index (χ1n) is 8.01. The molecule has 13 heteroatoms. The average molecular weight is 500 g/mol. The number of nitrogens with zero attached hydrogens (tertiary/aromatic N) is 1. The minimum absolute atomic E-state index is 0. The van der Waals surface area contributed by atoms with Crippen LogP contribution in [0.15, 0.2) is 24.3 Å². The molecule has 3 rings (SSSR count). The summed E-state index contributed by atoms with van der Waals surface area (Å²) in [6.07, 6.45) is 0. The summed E-state index contributed by atoms with van der Waals surface area (Å²) < 4.78 is 140. The number of hydrogen-bond donors (Lipinski definition) is 0. The molecule has 0 amide bonds. The number of benzene rings is 3. The van der Waals surface area contributed by atoms with E-state index in [1.165, 1.54) is 6.07 Å². The molecule has 0 atom stereocenters. The number of para-hydroxylation sites is 1. The van der Waals surface area contributed by atoms with E-state index in [2.05, 4.69) is 0 Å². The van der Waals surface area contributed by atoms with Crippen LogP contribution in [0.1, 0.15) is 8.42 Å². The number of alkyl halides is 1. The summed E-state index contributed by atoms with van der Waals surface area (Å²) in [7, 11) is 0. The van der Waals surface area contributed by atoms with Crippen LogP contribution in [-0.2, 0) is 5.88 Å². The molecular weight excluding hydrogens is 492 g/mol. The third kappa shape index (κ3) is 3.99. The maximum atomic E-state index is 14.5. The van der Waals surface area contributed by atoms with Crippen LogP contribution in [0.5, 0.6) is 0 Å². The molecule has 0 aromatic heterocycles. The minimum Gasteiger partial charge on any atom is -1.00 e. The molecular formula is C19H8ClF10MgN. The summed E-state index contributed by atoms with van der Waals surface area (Å²) in [5.74, 6) is -26.1. The Balaban J connectivity index is 0.00000363. The molecule has 0 heterocycles. The number of rotatable bonds is 4. The molecule has 0 spiro atoms. The van der Waals surface area contributed by atoms with Gasteiger partial charge in [-0.1, -0.05) is 18.2 Å². The first-order valence-corrected chi connectivity index (χ1v) is 8.54. The van der Waals surface area contributed by atoms with Crippen molar-refractivity contribution in [2.24, 2.45) is 0 Å². The molecule has 0 aliphatic carbocycles. The summed E-state index contributed by atoms with van der Waals surface area (Å²) >= 11 is 5.67. The molecule has 168 valence electrons. The van der Waals surface area contributed by atoms with E-state index in [0.717, 1.165) is 18.2 Å². The van der Waals surface area contributed by atoms with Gasteiger partial charge in [-0.2, -0.15) is 0 Å². The third-order valence-corrected chi connectivity index (χ3v) is 4.48. The van der Waals surface area contributed by atoms with E-state index >= 15 is 0 Å². The zero-order chi connectivity index (χ0) is 23.2. The van der Waals surface area contributed by atoms with Crippen molar-refractivity contribution < 1.29 is 46.8 Å². The predicted molar refractivity (Wildman–Crippen MR) is 98.2 cm³/mol. The zero-order valence-corrected chi connectivity index (χ0v) is 17.5. The molecule has 0 unspecified atom stereocenters. The van der Waals surface area contributed by atoms with Crippen LogP contribution < -0.4 is 4.90 Å². The number of halogens is 11. The molecule has 3 aromatic carbocycles. The van der Waals surface area contributed by atoms with Crippen LogP contribution in [0.3, 0.4) is 0 Å². The fourth-order valence-corrected chi connectivity index (χ4v) is 3.00. The molecule has 0 saturated carbocycles. The van der Waals surface area contributed by atoms with Gasteiger partial charge in [-0.15, -0.1) is 11.6 Å². The van der Waals surface area contributed by atoms with Gasteiger partial charge in [0.05, 0.1) is 5.69 Å². The standard InChI is InChI=1S/C19H6ClF10N.Mg.2H/c20-5-6-3-1-2-4-7(6)31(18-14(27)10(23)8(21)11(24)15(18)28)19-16(29)12(25)9(22)13(26)17(19)30;;;/h1-4H,5H2;;;/q;+2;2*-1. The van der Waals surface area contributed by atoms with Crippen LogP contribution in [0.2, 0.25) is 0 Å². The first-order chi connectivity index (χ1) is 14.5. The van der Waals surface area contributed by atoms with Crippen molar-refractivity contribution in [2.45, 2.75) is 5.88 Å². The molecule has 0 bridgehead atoms. The van der Waals surface area contributed by atoms with Gasteiger partial charge in [-0.25, -0.2) is 43.9 Å². The SMILES string of the molecule is Fc1c(F)c(F)c(N(c2ccccc2CCl)c2c(F)c(F)c(F)c(F)c2F)c(F)c1F.[H-].[H-].[Mg+2]. The molecule has 1 nitrogen and oxygen atoms in total. The van der Waals surface area contributed by atoms with Crippen LogP contribution in [0.25, 0.3) is 0 Å². The summed E-state index contributed by atoms with van der Waals surface area (Å²) in [4.78, 5) is -0.301. The second kappa shape index (κ2) is 9.75. The van der Waals surface area contributed by atoms with E-state index in [1.54, 1.807) is 0 Å². The Kier molecular flexibility index (Phi) is 7.95. The van der Waals surface area contributed by atoms with Crippen molar-refractivity contribution >= 4 is 51.7 Å². The van der Waals surface area contributed by atoms with Crippen LogP contribution in [0.4, 0.5) is 61.0 Å². The topological polar surface area (TPSA) is 3.24 Å². The molecule has 0 fully saturated rings. The second-order valence-corrected chi connectivity index (χ2v) is 6.20. The fourth-order valence-electron chi connectivity index (χ4n) is 2.77. The van der Waals surface area contributed by atoms with Gasteiger partial charge < -0.3 is 2.85 Å². The first kappa shape index (κ1) is 26.1. The van der Waals surface area contributed by atoms with Gasteiger partial charge in [-0.05, 0) is 11.6 Å². The Labute approximate surface area is 197 Å². The van der Waals surface area contributed by atoms with Crippen LogP contribution in [0, 0.1) is 58.2 Å². The maximum Gasteiger partial charge on any atom is 2.00 e. The largest absolute Gasteiger partial charge is 2.00 e. The van der Waals surface area contributed by atoms with Crippen molar-refractivity contribution in [1.29, 1.82) is 0 Å². The molecule has 0 N–H and O–H groups in total.